The fourth-order valence-electron chi connectivity index (χ4n) is 2.12. The first-order valence-corrected chi connectivity index (χ1v) is 6.38. The Morgan fingerprint density at radius 1 is 0.955 bits per heavy atom. The van der Waals surface area contributed by atoms with Crippen LogP contribution in [-0.2, 0) is 0 Å². The standard InChI is InChI=1S/C16H14FN3.2H2O/c1-10-6-14-15(7-11(10)2)18-9-19-16(14)20-13-5-3-4-12(17)8-13;;/h3-9H,1-2H3,(H,18,19,20);2*1H2. The van der Waals surface area contributed by atoms with Crippen LogP contribution in [0.2, 0.25) is 0 Å². The second-order valence-corrected chi connectivity index (χ2v) is 4.81. The van der Waals surface area contributed by atoms with E-state index in [0.29, 0.717) is 11.5 Å². The number of benzene rings is 2. The van der Waals surface area contributed by atoms with Crippen molar-refractivity contribution in [2.75, 3.05) is 5.32 Å². The van der Waals surface area contributed by atoms with Crippen molar-refractivity contribution in [1.82, 2.24) is 9.97 Å². The highest BCUT2D eigenvalue weighted by Gasteiger charge is 2.06. The molecule has 5 N–H and O–H groups in total. The molecule has 0 saturated heterocycles. The molecule has 3 aromatic rings. The Morgan fingerprint density at radius 3 is 2.41 bits per heavy atom. The van der Waals surface area contributed by atoms with E-state index in [1.807, 2.05) is 19.1 Å². The highest BCUT2D eigenvalue weighted by Crippen LogP contribution is 2.25. The molecule has 0 aliphatic carbocycles. The van der Waals surface area contributed by atoms with Crippen LogP contribution in [0.5, 0.6) is 0 Å². The summed E-state index contributed by atoms with van der Waals surface area (Å²) < 4.78 is 13.2. The SMILES string of the molecule is Cc1cc2ncnc(Nc3cccc(F)c3)c2cc1C.O.O. The number of halogens is 1. The van der Waals surface area contributed by atoms with Gasteiger partial charge in [0.25, 0.3) is 0 Å². The summed E-state index contributed by atoms with van der Waals surface area (Å²) in [7, 11) is 0. The predicted octanol–water partition coefficient (Wildman–Crippen LogP) is 2.48. The average molecular weight is 303 g/mol. The van der Waals surface area contributed by atoms with Gasteiger partial charge in [-0.05, 0) is 55.3 Å². The van der Waals surface area contributed by atoms with Crippen LogP contribution in [0.15, 0.2) is 42.7 Å². The molecule has 5 nitrogen and oxygen atoms in total. The van der Waals surface area contributed by atoms with Crippen molar-refractivity contribution in [1.29, 1.82) is 0 Å². The Balaban J connectivity index is 0.00000121. The van der Waals surface area contributed by atoms with E-state index in [9.17, 15) is 4.39 Å². The molecule has 0 fully saturated rings. The van der Waals surface area contributed by atoms with Gasteiger partial charge in [-0.1, -0.05) is 6.07 Å². The average Bonchev–Trinajstić information content (AvgIpc) is 2.41. The molecular weight excluding hydrogens is 285 g/mol. The van der Waals surface area contributed by atoms with Gasteiger partial charge in [-0.3, -0.25) is 0 Å². The van der Waals surface area contributed by atoms with Crippen LogP contribution in [0, 0.1) is 19.7 Å². The monoisotopic (exact) mass is 303 g/mol. The largest absolute Gasteiger partial charge is 0.412 e. The number of hydrogen-bond acceptors (Lipinski definition) is 3. The van der Waals surface area contributed by atoms with Crippen LogP contribution in [0.1, 0.15) is 11.1 Å². The molecule has 0 spiro atoms. The molecular formula is C16H18FN3O2. The Hall–Kier alpha value is -2.57. The lowest BCUT2D eigenvalue weighted by Crippen LogP contribution is -1.97. The summed E-state index contributed by atoms with van der Waals surface area (Å²) in [6, 6.07) is 10.4. The molecule has 0 bridgehead atoms. The number of rotatable bonds is 2. The summed E-state index contributed by atoms with van der Waals surface area (Å²) in [6.45, 7) is 4.10. The molecule has 0 amide bonds. The molecule has 1 aromatic heterocycles. The molecule has 116 valence electrons. The fraction of sp³-hybridized carbons (Fsp3) is 0.125. The first-order chi connectivity index (χ1) is 9.63. The van der Waals surface area contributed by atoms with E-state index in [1.165, 1.54) is 29.6 Å². The maximum Gasteiger partial charge on any atom is 0.141 e. The van der Waals surface area contributed by atoms with Gasteiger partial charge in [0.1, 0.15) is 18.0 Å². The lowest BCUT2D eigenvalue weighted by molar-refractivity contribution is 0.628. The summed E-state index contributed by atoms with van der Waals surface area (Å²) in [5.74, 6) is 0.407. The number of anilines is 2. The summed E-state index contributed by atoms with van der Waals surface area (Å²) in [5, 5.41) is 4.07. The van der Waals surface area contributed by atoms with E-state index in [-0.39, 0.29) is 16.8 Å². The van der Waals surface area contributed by atoms with Gasteiger partial charge in [-0.25, -0.2) is 14.4 Å². The number of aryl methyl sites for hydroxylation is 2. The van der Waals surface area contributed by atoms with Gasteiger partial charge in [-0.2, -0.15) is 0 Å². The number of fused-ring (bicyclic) bond motifs is 1. The minimum Gasteiger partial charge on any atom is -0.412 e. The summed E-state index contributed by atoms with van der Waals surface area (Å²) in [4.78, 5) is 8.54. The van der Waals surface area contributed by atoms with E-state index in [2.05, 4.69) is 22.2 Å². The number of nitrogens with one attached hydrogen (secondary N) is 1. The minimum absolute atomic E-state index is 0. The van der Waals surface area contributed by atoms with E-state index in [4.69, 9.17) is 0 Å². The van der Waals surface area contributed by atoms with Crippen LogP contribution >= 0.6 is 0 Å². The Labute approximate surface area is 127 Å². The minimum atomic E-state index is -0.277. The lowest BCUT2D eigenvalue weighted by atomic mass is 10.1. The second-order valence-electron chi connectivity index (χ2n) is 4.81. The molecule has 0 saturated carbocycles. The number of nitrogens with zero attached hydrogens (tertiary/aromatic N) is 2. The van der Waals surface area contributed by atoms with Crippen LogP contribution in [-0.4, -0.2) is 20.9 Å². The van der Waals surface area contributed by atoms with Gasteiger partial charge in [0.2, 0.25) is 0 Å². The summed E-state index contributed by atoms with van der Waals surface area (Å²) in [6.07, 6.45) is 1.51. The van der Waals surface area contributed by atoms with Crippen molar-refractivity contribution < 1.29 is 15.3 Å². The van der Waals surface area contributed by atoms with Gasteiger partial charge in [-0.15, -0.1) is 0 Å². The molecule has 3 rings (SSSR count). The highest BCUT2D eigenvalue weighted by molar-refractivity contribution is 5.91. The zero-order valence-corrected chi connectivity index (χ0v) is 12.3. The molecule has 0 aliphatic heterocycles. The van der Waals surface area contributed by atoms with Crippen molar-refractivity contribution >= 4 is 22.4 Å². The van der Waals surface area contributed by atoms with Crippen molar-refractivity contribution in [3.05, 3.63) is 59.7 Å². The summed E-state index contributed by atoms with van der Waals surface area (Å²) in [5.41, 5.74) is 3.91. The molecule has 0 unspecified atom stereocenters. The Bertz CT molecular complexity index is 793. The molecule has 0 radical (unpaired) electrons. The van der Waals surface area contributed by atoms with Gasteiger partial charge in [0.15, 0.2) is 0 Å². The third kappa shape index (κ3) is 3.36. The van der Waals surface area contributed by atoms with Crippen LogP contribution in [0.25, 0.3) is 10.9 Å². The zero-order chi connectivity index (χ0) is 14.1. The van der Waals surface area contributed by atoms with Crippen molar-refractivity contribution in [3.8, 4) is 0 Å². The van der Waals surface area contributed by atoms with Gasteiger partial charge in [0, 0.05) is 11.1 Å². The number of aromatic nitrogens is 2. The summed E-state index contributed by atoms with van der Waals surface area (Å²) >= 11 is 0. The number of hydrogen-bond donors (Lipinski definition) is 1. The molecule has 22 heavy (non-hydrogen) atoms. The van der Waals surface area contributed by atoms with Gasteiger partial charge < -0.3 is 16.3 Å². The van der Waals surface area contributed by atoms with E-state index >= 15 is 0 Å². The third-order valence-electron chi connectivity index (χ3n) is 3.34. The Kier molecular flexibility index (Phi) is 5.50. The molecule has 6 heteroatoms. The molecule has 0 atom stereocenters. The van der Waals surface area contributed by atoms with Crippen LogP contribution in [0.3, 0.4) is 0 Å². The van der Waals surface area contributed by atoms with Crippen molar-refractivity contribution in [3.63, 3.8) is 0 Å². The normalized spacial score (nSPS) is 9.77. The predicted molar refractivity (Wildman–Crippen MR) is 85.9 cm³/mol. The first kappa shape index (κ1) is 17.5. The zero-order valence-electron chi connectivity index (χ0n) is 12.3. The van der Waals surface area contributed by atoms with E-state index < -0.39 is 0 Å². The van der Waals surface area contributed by atoms with Gasteiger partial charge >= 0.3 is 0 Å². The lowest BCUT2D eigenvalue weighted by Gasteiger charge is -2.10. The topological polar surface area (TPSA) is 101 Å². The van der Waals surface area contributed by atoms with E-state index in [0.717, 1.165) is 10.9 Å². The molecule has 2 aromatic carbocycles. The second kappa shape index (κ2) is 6.93. The van der Waals surface area contributed by atoms with Crippen LogP contribution in [0.4, 0.5) is 15.9 Å². The fourth-order valence-corrected chi connectivity index (χ4v) is 2.12. The first-order valence-electron chi connectivity index (χ1n) is 6.38. The molecule has 0 aliphatic rings. The maximum atomic E-state index is 13.2. The highest BCUT2D eigenvalue weighted by atomic mass is 19.1. The Morgan fingerprint density at radius 2 is 1.68 bits per heavy atom. The van der Waals surface area contributed by atoms with Crippen LogP contribution < -0.4 is 5.32 Å². The molecule has 1 heterocycles. The maximum absolute atomic E-state index is 13.2. The van der Waals surface area contributed by atoms with E-state index in [1.54, 1.807) is 12.1 Å². The van der Waals surface area contributed by atoms with Gasteiger partial charge in [0.05, 0.1) is 5.52 Å². The quantitative estimate of drug-likeness (QED) is 0.786. The third-order valence-corrected chi connectivity index (χ3v) is 3.34. The van der Waals surface area contributed by atoms with Crippen molar-refractivity contribution in [2.45, 2.75) is 13.8 Å². The van der Waals surface area contributed by atoms with Crippen molar-refractivity contribution in [2.24, 2.45) is 0 Å². The smallest absolute Gasteiger partial charge is 0.141 e.